The first kappa shape index (κ1) is 21.3. The van der Waals surface area contributed by atoms with Crippen molar-refractivity contribution >= 4 is 17.7 Å². The lowest BCUT2D eigenvalue weighted by Crippen LogP contribution is -2.43. The Labute approximate surface area is 163 Å². The molecule has 28 heavy (non-hydrogen) atoms. The highest BCUT2D eigenvalue weighted by molar-refractivity contribution is 5.96. The molecule has 0 aromatic heterocycles. The lowest BCUT2D eigenvalue weighted by molar-refractivity contribution is -0.137. The lowest BCUT2D eigenvalue weighted by Gasteiger charge is -2.26. The van der Waals surface area contributed by atoms with E-state index in [9.17, 15) is 14.4 Å². The number of methoxy groups -OCH3 is 3. The minimum Gasteiger partial charge on any atom is -0.493 e. The van der Waals surface area contributed by atoms with Crippen LogP contribution in [-0.4, -0.2) is 70.3 Å². The van der Waals surface area contributed by atoms with Crippen LogP contribution >= 0.6 is 0 Å². The smallest absolute Gasteiger partial charge is 0.269 e. The molecule has 1 aliphatic heterocycles. The van der Waals surface area contributed by atoms with E-state index < -0.39 is 11.8 Å². The van der Waals surface area contributed by atoms with Gasteiger partial charge in [0, 0.05) is 31.5 Å². The van der Waals surface area contributed by atoms with Crippen molar-refractivity contribution in [3.63, 3.8) is 0 Å². The van der Waals surface area contributed by atoms with Crippen LogP contribution in [0.25, 0.3) is 0 Å². The third kappa shape index (κ3) is 5.49. The standard InChI is InChI=1S/C18H25N3O7/c1-25-13-10-12(11-14(26-2)17(13)27-3)18(24)20-19-15(22)4-5-16(23)21-6-8-28-9-7-21/h10-11H,4-9H2,1-3H3,(H,19,22)(H,20,24). The van der Waals surface area contributed by atoms with E-state index in [1.807, 2.05) is 0 Å². The topological polar surface area (TPSA) is 115 Å². The molecular formula is C18H25N3O7. The van der Waals surface area contributed by atoms with Crippen molar-refractivity contribution in [1.82, 2.24) is 15.8 Å². The van der Waals surface area contributed by atoms with Crippen LogP contribution in [0.4, 0.5) is 0 Å². The van der Waals surface area contributed by atoms with Crippen LogP contribution in [0.1, 0.15) is 23.2 Å². The molecule has 1 aliphatic rings. The molecule has 0 saturated carbocycles. The number of hydrogen-bond donors (Lipinski definition) is 2. The van der Waals surface area contributed by atoms with Crippen LogP contribution < -0.4 is 25.1 Å². The van der Waals surface area contributed by atoms with Crippen LogP contribution in [0.3, 0.4) is 0 Å². The number of carbonyl (C=O) groups excluding carboxylic acids is 3. The second kappa shape index (κ2) is 10.4. The summed E-state index contributed by atoms with van der Waals surface area (Å²) in [4.78, 5) is 37.9. The van der Waals surface area contributed by atoms with E-state index in [-0.39, 0.29) is 24.3 Å². The third-order valence-electron chi connectivity index (χ3n) is 4.17. The number of ether oxygens (including phenoxy) is 4. The summed E-state index contributed by atoms with van der Waals surface area (Å²) in [6.45, 7) is 2.06. The normalized spacial score (nSPS) is 13.5. The molecule has 0 spiro atoms. The summed E-state index contributed by atoms with van der Waals surface area (Å²) in [6, 6.07) is 2.93. The molecular weight excluding hydrogens is 370 g/mol. The van der Waals surface area contributed by atoms with Gasteiger partial charge >= 0.3 is 0 Å². The summed E-state index contributed by atoms with van der Waals surface area (Å²) in [5.74, 6) is -0.167. The molecule has 0 unspecified atom stereocenters. The molecule has 0 bridgehead atoms. The van der Waals surface area contributed by atoms with Gasteiger partial charge in [0.05, 0.1) is 34.5 Å². The molecule has 1 saturated heterocycles. The Morgan fingerprint density at radius 2 is 1.57 bits per heavy atom. The lowest BCUT2D eigenvalue weighted by atomic mass is 10.1. The number of carbonyl (C=O) groups is 3. The van der Waals surface area contributed by atoms with Crippen LogP contribution in [0.2, 0.25) is 0 Å². The Hall–Kier alpha value is -3.01. The largest absolute Gasteiger partial charge is 0.493 e. The minimum atomic E-state index is -0.563. The van der Waals surface area contributed by atoms with Gasteiger partial charge in [0.2, 0.25) is 17.6 Å². The molecule has 1 fully saturated rings. The summed E-state index contributed by atoms with van der Waals surface area (Å²) in [5.41, 5.74) is 4.81. The first-order chi connectivity index (χ1) is 13.5. The van der Waals surface area contributed by atoms with Gasteiger partial charge in [-0.25, -0.2) is 0 Å². The zero-order valence-corrected chi connectivity index (χ0v) is 16.2. The molecule has 10 heteroatoms. The molecule has 154 valence electrons. The molecule has 1 aromatic carbocycles. The Morgan fingerprint density at radius 1 is 0.964 bits per heavy atom. The summed E-state index contributed by atoms with van der Waals surface area (Å²) < 4.78 is 20.8. The van der Waals surface area contributed by atoms with Crippen molar-refractivity contribution in [3.05, 3.63) is 17.7 Å². The van der Waals surface area contributed by atoms with E-state index >= 15 is 0 Å². The van der Waals surface area contributed by atoms with Gasteiger partial charge in [-0.2, -0.15) is 0 Å². The SMILES string of the molecule is COc1cc(C(=O)NNC(=O)CCC(=O)N2CCOCC2)cc(OC)c1OC. The summed E-state index contributed by atoms with van der Waals surface area (Å²) in [7, 11) is 4.33. The van der Waals surface area contributed by atoms with Crippen molar-refractivity contribution in [2.75, 3.05) is 47.6 Å². The number of hydrogen-bond acceptors (Lipinski definition) is 7. The van der Waals surface area contributed by atoms with Crippen LogP contribution in [0.15, 0.2) is 12.1 Å². The van der Waals surface area contributed by atoms with Gasteiger partial charge in [-0.3, -0.25) is 25.2 Å². The van der Waals surface area contributed by atoms with E-state index in [0.717, 1.165) is 0 Å². The Bertz CT molecular complexity index is 692. The zero-order chi connectivity index (χ0) is 20.5. The molecule has 2 N–H and O–H groups in total. The maximum absolute atomic E-state index is 12.3. The van der Waals surface area contributed by atoms with Crippen molar-refractivity contribution < 1.29 is 33.3 Å². The Balaban J connectivity index is 1.87. The number of amides is 3. The number of hydrazine groups is 1. The molecule has 10 nitrogen and oxygen atoms in total. The van der Waals surface area contributed by atoms with Crippen LogP contribution in [0, 0.1) is 0 Å². The maximum Gasteiger partial charge on any atom is 0.269 e. The number of nitrogens with one attached hydrogen (secondary N) is 2. The second-order valence-electron chi connectivity index (χ2n) is 5.91. The van der Waals surface area contributed by atoms with Crippen molar-refractivity contribution in [1.29, 1.82) is 0 Å². The van der Waals surface area contributed by atoms with Crippen molar-refractivity contribution in [3.8, 4) is 17.2 Å². The average molecular weight is 395 g/mol. The van der Waals surface area contributed by atoms with Gasteiger partial charge in [0.15, 0.2) is 11.5 Å². The number of benzene rings is 1. The van der Waals surface area contributed by atoms with Gasteiger partial charge < -0.3 is 23.8 Å². The highest BCUT2D eigenvalue weighted by Gasteiger charge is 2.19. The van der Waals surface area contributed by atoms with E-state index in [1.165, 1.54) is 33.5 Å². The number of rotatable bonds is 7. The predicted molar refractivity (Wildman–Crippen MR) is 98.3 cm³/mol. The highest BCUT2D eigenvalue weighted by atomic mass is 16.5. The maximum atomic E-state index is 12.3. The zero-order valence-electron chi connectivity index (χ0n) is 16.2. The van der Waals surface area contributed by atoms with Gasteiger partial charge in [0.1, 0.15) is 0 Å². The summed E-state index contributed by atoms with van der Waals surface area (Å²) in [5, 5.41) is 0. The predicted octanol–water partition coefficient (Wildman–Crippen LogP) is 0.112. The molecule has 0 aliphatic carbocycles. The van der Waals surface area contributed by atoms with Gasteiger partial charge in [-0.05, 0) is 12.1 Å². The fourth-order valence-corrected chi connectivity index (χ4v) is 2.66. The molecule has 2 rings (SSSR count). The van der Waals surface area contributed by atoms with E-state index in [2.05, 4.69) is 10.9 Å². The fourth-order valence-electron chi connectivity index (χ4n) is 2.66. The first-order valence-corrected chi connectivity index (χ1v) is 8.74. The van der Waals surface area contributed by atoms with Gasteiger partial charge in [-0.1, -0.05) is 0 Å². The van der Waals surface area contributed by atoms with E-state index in [1.54, 1.807) is 4.90 Å². The molecule has 3 amide bonds. The summed E-state index contributed by atoms with van der Waals surface area (Å²) in [6.07, 6.45) is 0.0254. The van der Waals surface area contributed by atoms with Crippen LogP contribution in [0.5, 0.6) is 17.2 Å². The third-order valence-corrected chi connectivity index (χ3v) is 4.17. The number of nitrogens with zero attached hydrogens (tertiary/aromatic N) is 1. The molecule has 0 atom stereocenters. The fraction of sp³-hybridized carbons (Fsp3) is 0.500. The van der Waals surface area contributed by atoms with Crippen molar-refractivity contribution in [2.24, 2.45) is 0 Å². The second-order valence-corrected chi connectivity index (χ2v) is 5.91. The van der Waals surface area contributed by atoms with Gasteiger partial charge in [0.25, 0.3) is 5.91 Å². The van der Waals surface area contributed by atoms with E-state index in [0.29, 0.717) is 43.6 Å². The van der Waals surface area contributed by atoms with Crippen LogP contribution in [-0.2, 0) is 14.3 Å². The highest BCUT2D eigenvalue weighted by Crippen LogP contribution is 2.38. The monoisotopic (exact) mass is 395 g/mol. The van der Waals surface area contributed by atoms with Gasteiger partial charge in [-0.15, -0.1) is 0 Å². The quantitative estimate of drug-likeness (QED) is 0.630. The van der Waals surface area contributed by atoms with E-state index in [4.69, 9.17) is 18.9 Å². The first-order valence-electron chi connectivity index (χ1n) is 8.74. The molecule has 1 heterocycles. The average Bonchev–Trinajstić information content (AvgIpc) is 2.74. The Morgan fingerprint density at radius 3 is 2.11 bits per heavy atom. The number of morpholine rings is 1. The minimum absolute atomic E-state index is 0.0360. The molecule has 1 aromatic rings. The van der Waals surface area contributed by atoms with Crippen molar-refractivity contribution in [2.45, 2.75) is 12.8 Å². The summed E-state index contributed by atoms with van der Waals surface area (Å²) >= 11 is 0. The molecule has 0 radical (unpaired) electrons. The Kier molecular flexibility index (Phi) is 7.88.